The van der Waals surface area contributed by atoms with E-state index in [-0.39, 0.29) is 0 Å². The topological polar surface area (TPSA) is 43.7 Å². The minimum absolute atomic E-state index is 0.590. The standard InChI is InChI=1S/C18H22N2O2/c1-2-21-13-6-14-22-20-18-9-5-7-16(15-18)10-11-17-8-3-4-12-19-17/h3-4,8,12,15H,2,5-7,9,13-14H2,1H3/b20-18+. The maximum Gasteiger partial charge on any atom is 0.119 e. The van der Waals surface area contributed by atoms with Crippen molar-refractivity contribution in [1.29, 1.82) is 0 Å². The van der Waals surface area contributed by atoms with Gasteiger partial charge in [-0.3, -0.25) is 0 Å². The highest BCUT2D eigenvalue weighted by Crippen LogP contribution is 2.15. The summed E-state index contributed by atoms with van der Waals surface area (Å²) in [5.41, 5.74) is 2.85. The Morgan fingerprint density at radius 2 is 2.18 bits per heavy atom. The van der Waals surface area contributed by atoms with E-state index in [1.807, 2.05) is 31.2 Å². The van der Waals surface area contributed by atoms with Crippen LogP contribution in [-0.4, -0.2) is 30.5 Å². The molecule has 0 bridgehead atoms. The van der Waals surface area contributed by atoms with E-state index in [2.05, 4.69) is 22.0 Å². The molecule has 2 rings (SSSR count). The average molecular weight is 298 g/mol. The van der Waals surface area contributed by atoms with E-state index in [1.54, 1.807) is 6.20 Å². The van der Waals surface area contributed by atoms with Crippen LogP contribution < -0.4 is 0 Å². The highest BCUT2D eigenvalue weighted by atomic mass is 16.6. The summed E-state index contributed by atoms with van der Waals surface area (Å²) in [4.78, 5) is 9.53. The largest absolute Gasteiger partial charge is 0.396 e. The molecule has 1 heterocycles. The maximum absolute atomic E-state index is 5.33. The van der Waals surface area contributed by atoms with Crippen LogP contribution >= 0.6 is 0 Å². The number of allylic oxidation sites excluding steroid dienone is 2. The Balaban J connectivity index is 1.85. The lowest BCUT2D eigenvalue weighted by molar-refractivity contribution is 0.0917. The molecule has 0 spiro atoms. The predicted octanol–water partition coefficient (Wildman–Crippen LogP) is 3.34. The molecule has 0 aliphatic heterocycles. The van der Waals surface area contributed by atoms with Gasteiger partial charge in [0.25, 0.3) is 0 Å². The number of aromatic nitrogens is 1. The SMILES string of the molecule is CCOCCCO/N=C1/C=C(C#Cc2ccccn2)CCC1. The zero-order valence-electron chi connectivity index (χ0n) is 13.0. The van der Waals surface area contributed by atoms with E-state index < -0.39 is 0 Å². The van der Waals surface area contributed by atoms with Gasteiger partial charge in [-0.1, -0.05) is 17.1 Å². The lowest BCUT2D eigenvalue weighted by Gasteiger charge is -2.09. The summed E-state index contributed by atoms with van der Waals surface area (Å²) in [6.07, 6.45) is 7.64. The van der Waals surface area contributed by atoms with E-state index in [1.165, 1.54) is 0 Å². The highest BCUT2D eigenvalue weighted by Gasteiger charge is 2.07. The van der Waals surface area contributed by atoms with Crippen molar-refractivity contribution in [3.63, 3.8) is 0 Å². The first-order valence-electron chi connectivity index (χ1n) is 7.78. The molecule has 4 heteroatoms. The summed E-state index contributed by atoms with van der Waals surface area (Å²) in [7, 11) is 0. The Hall–Kier alpha value is -2.12. The summed E-state index contributed by atoms with van der Waals surface area (Å²) in [6.45, 7) is 4.04. The van der Waals surface area contributed by atoms with Crippen LogP contribution in [0.2, 0.25) is 0 Å². The fourth-order valence-electron chi connectivity index (χ4n) is 2.06. The first kappa shape index (κ1) is 16.3. The van der Waals surface area contributed by atoms with Crippen molar-refractivity contribution in [3.8, 4) is 11.8 Å². The van der Waals surface area contributed by atoms with Crippen LogP contribution in [0.15, 0.2) is 41.2 Å². The zero-order valence-corrected chi connectivity index (χ0v) is 13.0. The summed E-state index contributed by atoms with van der Waals surface area (Å²) in [5, 5.41) is 4.19. The quantitative estimate of drug-likeness (QED) is 0.459. The lowest BCUT2D eigenvalue weighted by atomic mass is 9.98. The van der Waals surface area contributed by atoms with Crippen molar-refractivity contribution in [2.45, 2.75) is 32.6 Å². The van der Waals surface area contributed by atoms with Gasteiger partial charge in [-0.25, -0.2) is 4.98 Å². The fourth-order valence-corrected chi connectivity index (χ4v) is 2.06. The number of hydrogen-bond donors (Lipinski definition) is 0. The smallest absolute Gasteiger partial charge is 0.119 e. The summed E-state index contributed by atoms with van der Waals surface area (Å²) in [5.74, 6) is 6.26. The van der Waals surface area contributed by atoms with E-state index in [0.29, 0.717) is 6.61 Å². The number of rotatable bonds is 6. The van der Waals surface area contributed by atoms with Crippen LogP contribution in [0.3, 0.4) is 0 Å². The van der Waals surface area contributed by atoms with Crippen molar-refractivity contribution < 1.29 is 9.57 Å². The van der Waals surface area contributed by atoms with Gasteiger partial charge in [0, 0.05) is 31.4 Å². The van der Waals surface area contributed by atoms with Crippen LogP contribution in [0, 0.1) is 11.8 Å². The van der Waals surface area contributed by atoms with Crippen LogP contribution in [0.25, 0.3) is 0 Å². The molecule has 0 unspecified atom stereocenters. The van der Waals surface area contributed by atoms with Crippen LogP contribution in [-0.2, 0) is 9.57 Å². The minimum atomic E-state index is 0.590. The molecule has 0 saturated carbocycles. The molecule has 1 aromatic rings. The molecular formula is C18H22N2O2. The van der Waals surface area contributed by atoms with Crippen LogP contribution in [0.1, 0.15) is 38.3 Å². The number of ether oxygens (including phenoxy) is 1. The summed E-state index contributed by atoms with van der Waals surface area (Å²) < 4.78 is 5.25. The van der Waals surface area contributed by atoms with Gasteiger partial charge < -0.3 is 9.57 Å². The van der Waals surface area contributed by atoms with Gasteiger partial charge in [-0.05, 0) is 50.3 Å². The number of nitrogens with zero attached hydrogens (tertiary/aromatic N) is 2. The molecule has 1 aliphatic carbocycles. The molecule has 1 aliphatic rings. The molecule has 0 saturated heterocycles. The van der Waals surface area contributed by atoms with Gasteiger partial charge >= 0.3 is 0 Å². The first-order chi connectivity index (χ1) is 10.9. The second kappa shape index (κ2) is 9.75. The number of hydrogen-bond acceptors (Lipinski definition) is 4. The summed E-state index contributed by atoms with van der Waals surface area (Å²) >= 11 is 0. The third-order valence-electron chi connectivity index (χ3n) is 3.15. The lowest BCUT2D eigenvalue weighted by Crippen LogP contribution is -2.05. The second-order valence-electron chi connectivity index (χ2n) is 4.95. The van der Waals surface area contributed by atoms with Crippen molar-refractivity contribution in [3.05, 3.63) is 41.7 Å². The van der Waals surface area contributed by atoms with E-state index in [4.69, 9.17) is 9.57 Å². The van der Waals surface area contributed by atoms with Crippen molar-refractivity contribution in [1.82, 2.24) is 4.98 Å². The van der Waals surface area contributed by atoms with E-state index in [9.17, 15) is 0 Å². The average Bonchev–Trinajstić information content (AvgIpc) is 2.57. The van der Waals surface area contributed by atoms with Gasteiger partial charge in [-0.2, -0.15) is 0 Å². The third-order valence-corrected chi connectivity index (χ3v) is 3.15. The van der Waals surface area contributed by atoms with E-state index >= 15 is 0 Å². The molecule has 0 N–H and O–H groups in total. The van der Waals surface area contributed by atoms with Gasteiger partial charge in [0.1, 0.15) is 12.3 Å². The Labute approximate surface area is 132 Å². The molecule has 0 radical (unpaired) electrons. The Kier molecular flexibility index (Phi) is 7.20. The van der Waals surface area contributed by atoms with E-state index in [0.717, 1.165) is 55.9 Å². The third kappa shape index (κ3) is 6.11. The second-order valence-corrected chi connectivity index (χ2v) is 4.95. The molecule has 0 fully saturated rings. The summed E-state index contributed by atoms with van der Waals surface area (Å²) in [6, 6.07) is 5.74. The van der Waals surface area contributed by atoms with Gasteiger partial charge in [0.15, 0.2) is 0 Å². The highest BCUT2D eigenvalue weighted by molar-refractivity contribution is 5.96. The predicted molar refractivity (Wildman–Crippen MR) is 87.5 cm³/mol. The molecule has 0 atom stereocenters. The molecule has 0 aromatic carbocycles. The van der Waals surface area contributed by atoms with Crippen molar-refractivity contribution >= 4 is 5.71 Å². The molecule has 1 aromatic heterocycles. The van der Waals surface area contributed by atoms with Crippen LogP contribution in [0.5, 0.6) is 0 Å². The Morgan fingerprint density at radius 1 is 1.23 bits per heavy atom. The van der Waals surface area contributed by atoms with Gasteiger partial charge in [0.05, 0.1) is 5.71 Å². The molecular weight excluding hydrogens is 276 g/mol. The van der Waals surface area contributed by atoms with Crippen molar-refractivity contribution in [2.24, 2.45) is 5.16 Å². The number of pyridine rings is 1. The first-order valence-corrected chi connectivity index (χ1v) is 7.78. The Bertz CT molecular complexity index is 568. The van der Waals surface area contributed by atoms with Crippen LogP contribution in [0.4, 0.5) is 0 Å². The molecule has 116 valence electrons. The van der Waals surface area contributed by atoms with Gasteiger partial charge in [-0.15, -0.1) is 0 Å². The molecule has 22 heavy (non-hydrogen) atoms. The zero-order chi connectivity index (χ0) is 15.5. The molecule has 0 amide bonds. The molecule has 4 nitrogen and oxygen atoms in total. The Morgan fingerprint density at radius 3 is 3.00 bits per heavy atom. The normalized spacial score (nSPS) is 15.9. The van der Waals surface area contributed by atoms with Crippen molar-refractivity contribution in [2.75, 3.05) is 19.8 Å². The number of oxime groups is 1. The fraction of sp³-hybridized carbons (Fsp3) is 0.444. The van der Waals surface area contributed by atoms with Gasteiger partial charge in [0.2, 0.25) is 0 Å². The monoisotopic (exact) mass is 298 g/mol. The maximum atomic E-state index is 5.33. The minimum Gasteiger partial charge on any atom is -0.396 e.